The van der Waals surface area contributed by atoms with Crippen LogP contribution in [0.25, 0.3) is 10.8 Å². The first-order valence-corrected chi connectivity index (χ1v) is 8.93. The minimum Gasteiger partial charge on any atom is -0.488 e. The molecule has 1 fully saturated rings. The van der Waals surface area contributed by atoms with Crippen LogP contribution in [0, 0.1) is 0 Å². The molecule has 4 nitrogen and oxygen atoms in total. The lowest BCUT2D eigenvalue weighted by Crippen LogP contribution is -2.19. The fourth-order valence-corrected chi connectivity index (χ4v) is 4.36. The SMILES string of the molecule is CC(N)c1ccc2ccccc2c1OC1CCS(=O)(=O)C1. The molecule has 0 aliphatic carbocycles. The van der Waals surface area contributed by atoms with Gasteiger partial charge in [-0.1, -0.05) is 36.4 Å². The second-order valence-electron chi connectivity index (χ2n) is 5.64. The third-order valence-electron chi connectivity index (χ3n) is 3.88. The zero-order valence-corrected chi connectivity index (χ0v) is 12.8. The van der Waals surface area contributed by atoms with Crippen LogP contribution in [0.2, 0.25) is 0 Å². The highest BCUT2D eigenvalue weighted by Crippen LogP contribution is 2.34. The summed E-state index contributed by atoms with van der Waals surface area (Å²) in [5.74, 6) is 1.02. The van der Waals surface area contributed by atoms with Crippen molar-refractivity contribution in [2.45, 2.75) is 25.5 Å². The first-order chi connectivity index (χ1) is 9.96. The molecule has 2 aromatic carbocycles. The van der Waals surface area contributed by atoms with Gasteiger partial charge in [0.2, 0.25) is 0 Å². The number of ether oxygens (including phenoxy) is 1. The van der Waals surface area contributed by atoms with Crippen LogP contribution in [0.3, 0.4) is 0 Å². The van der Waals surface area contributed by atoms with Crippen LogP contribution in [0.15, 0.2) is 36.4 Å². The molecule has 1 aliphatic rings. The molecule has 2 aromatic rings. The van der Waals surface area contributed by atoms with Crippen LogP contribution >= 0.6 is 0 Å². The maximum absolute atomic E-state index is 11.6. The van der Waals surface area contributed by atoms with E-state index in [4.69, 9.17) is 10.5 Å². The Kier molecular flexibility index (Phi) is 3.63. The summed E-state index contributed by atoms with van der Waals surface area (Å²) in [4.78, 5) is 0. The molecule has 5 heteroatoms. The van der Waals surface area contributed by atoms with E-state index >= 15 is 0 Å². The summed E-state index contributed by atoms with van der Waals surface area (Å²) in [6.45, 7) is 1.91. The second kappa shape index (κ2) is 5.31. The van der Waals surface area contributed by atoms with E-state index in [1.807, 2.05) is 43.3 Å². The molecule has 0 spiro atoms. The van der Waals surface area contributed by atoms with E-state index < -0.39 is 9.84 Å². The highest BCUT2D eigenvalue weighted by molar-refractivity contribution is 7.91. The summed E-state index contributed by atoms with van der Waals surface area (Å²) in [7, 11) is -2.96. The molecule has 1 aliphatic heterocycles. The predicted octanol–water partition coefficient (Wildman–Crippen LogP) is 2.43. The van der Waals surface area contributed by atoms with Crippen molar-refractivity contribution in [3.8, 4) is 5.75 Å². The van der Waals surface area contributed by atoms with Crippen LogP contribution < -0.4 is 10.5 Å². The molecule has 3 rings (SSSR count). The fraction of sp³-hybridized carbons (Fsp3) is 0.375. The third-order valence-corrected chi connectivity index (χ3v) is 5.61. The van der Waals surface area contributed by atoms with Crippen LogP contribution in [-0.2, 0) is 9.84 Å². The van der Waals surface area contributed by atoms with Crippen molar-refractivity contribution in [3.05, 3.63) is 42.0 Å². The summed E-state index contributed by atoms with van der Waals surface area (Å²) in [6.07, 6.45) is 0.266. The van der Waals surface area contributed by atoms with E-state index in [1.165, 1.54) is 0 Å². The predicted molar refractivity (Wildman–Crippen MR) is 84.2 cm³/mol. The van der Waals surface area contributed by atoms with Gasteiger partial charge in [0.05, 0.1) is 11.5 Å². The van der Waals surface area contributed by atoms with Crippen molar-refractivity contribution >= 4 is 20.6 Å². The van der Waals surface area contributed by atoms with Crippen LogP contribution in [0.4, 0.5) is 0 Å². The maximum Gasteiger partial charge on any atom is 0.154 e. The molecule has 112 valence electrons. The second-order valence-corrected chi connectivity index (χ2v) is 7.87. The molecule has 21 heavy (non-hydrogen) atoms. The van der Waals surface area contributed by atoms with E-state index in [0.717, 1.165) is 22.1 Å². The van der Waals surface area contributed by atoms with Gasteiger partial charge in [-0.2, -0.15) is 0 Å². The molecule has 0 saturated carbocycles. The summed E-state index contributed by atoms with van der Waals surface area (Å²) >= 11 is 0. The molecule has 2 N–H and O–H groups in total. The minimum atomic E-state index is -2.96. The molecule has 0 amide bonds. The van der Waals surface area contributed by atoms with Crippen LogP contribution in [0.5, 0.6) is 5.75 Å². The Morgan fingerprint density at radius 2 is 2.00 bits per heavy atom. The number of nitrogens with two attached hydrogens (primary N) is 1. The Morgan fingerprint density at radius 3 is 2.67 bits per heavy atom. The van der Waals surface area contributed by atoms with E-state index in [1.54, 1.807) is 0 Å². The number of hydrogen-bond acceptors (Lipinski definition) is 4. The molecule has 1 saturated heterocycles. The lowest BCUT2D eigenvalue weighted by Gasteiger charge is -2.20. The number of rotatable bonds is 3. The molecule has 0 aromatic heterocycles. The van der Waals surface area contributed by atoms with E-state index in [0.29, 0.717) is 6.42 Å². The fourth-order valence-electron chi connectivity index (χ4n) is 2.77. The minimum absolute atomic E-state index is 0.0919. The summed E-state index contributed by atoms with van der Waals surface area (Å²) < 4.78 is 29.3. The van der Waals surface area contributed by atoms with Crippen molar-refractivity contribution in [2.24, 2.45) is 5.73 Å². The van der Waals surface area contributed by atoms with Crippen molar-refractivity contribution in [1.82, 2.24) is 0 Å². The van der Waals surface area contributed by atoms with Gasteiger partial charge < -0.3 is 10.5 Å². The van der Waals surface area contributed by atoms with Gasteiger partial charge in [0.25, 0.3) is 0 Å². The Balaban J connectivity index is 2.04. The lowest BCUT2D eigenvalue weighted by molar-refractivity contribution is 0.229. The van der Waals surface area contributed by atoms with Crippen molar-refractivity contribution in [3.63, 3.8) is 0 Å². The highest BCUT2D eigenvalue weighted by atomic mass is 32.2. The van der Waals surface area contributed by atoms with Gasteiger partial charge in [-0.15, -0.1) is 0 Å². The lowest BCUT2D eigenvalue weighted by atomic mass is 10.0. The number of hydrogen-bond donors (Lipinski definition) is 1. The molecular formula is C16H19NO3S. The average molecular weight is 305 g/mol. The normalized spacial score (nSPS) is 22.3. The van der Waals surface area contributed by atoms with Crippen molar-refractivity contribution < 1.29 is 13.2 Å². The van der Waals surface area contributed by atoms with Gasteiger partial charge in [-0.3, -0.25) is 0 Å². The van der Waals surface area contributed by atoms with Gasteiger partial charge >= 0.3 is 0 Å². The van der Waals surface area contributed by atoms with Gasteiger partial charge in [-0.05, 0) is 18.7 Å². The smallest absolute Gasteiger partial charge is 0.154 e. The maximum atomic E-state index is 11.6. The molecule has 2 unspecified atom stereocenters. The zero-order valence-electron chi connectivity index (χ0n) is 12.0. The van der Waals surface area contributed by atoms with E-state index in [9.17, 15) is 8.42 Å². The Labute approximate surface area is 124 Å². The van der Waals surface area contributed by atoms with Crippen LogP contribution in [0.1, 0.15) is 24.9 Å². The third kappa shape index (κ3) is 2.89. The van der Waals surface area contributed by atoms with E-state index in [2.05, 4.69) is 0 Å². The van der Waals surface area contributed by atoms with E-state index in [-0.39, 0.29) is 23.7 Å². The average Bonchev–Trinajstić information content (AvgIpc) is 2.78. The molecule has 2 atom stereocenters. The summed E-state index contributed by atoms with van der Waals surface area (Å²) in [6, 6.07) is 11.7. The Bertz CT molecular complexity index is 768. The van der Waals surface area contributed by atoms with Gasteiger partial charge in [0.15, 0.2) is 9.84 Å². The highest BCUT2D eigenvalue weighted by Gasteiger charge is 2.30. The first kappa shape index (κ1) is 14.4. The quantitative estimate of drug-likeness (QED) is 0.945. The topological polar surface area (TPSA) is 69.4 Å². The standard InChI is InChI=1S/C16H19NO3S/c1-11(17)14-7-6-12-4-2-3-5-15(12)16(14)20-13-8-9-21(18,19)10-13/h2-7,11,13H,8-10,17H2,1H3. The molecule has 0 bridgehead atoms. The largest absolute Gasteiger partial charge is 0.488 e. The Morgan fingerprint density at radius 1 is 1.24 bits per heavy atom. The first-order valence-electron chi connectivity index (χ1n) is 7.10. The number of sulfone groups is 1. The molecule has 0 radical (unpaired) electrons. The van der Waals surface area contributed by atoms with Gasteiger partial charge in [0.1, 0.15) is 11.9 Å². The molecular weight excluding hydrogens is 286 g/mol. The monoisotopic (exact) mass is 305 g/mol. The molecule has 1 heterocycles. The van der Waals surface area contributed by atoms with Crippen molar-refractivity contribution in [1.29, 1.82) is 0 Å². The Hall–Kier alpha value is -1.59. The van der Waals surface area contributed by atoms with Crippen molar-refractivity contribution in [2.75, 3.05) is 11.5 Å². The van der Waals surface area contributed by atoms with Gasteiger partial charge in [-0.25, -0.2) is 8.42 Å². The summed E-state index contributed by atoms with van der Waals surface area (Å²) in [5, 5.41) is 2.05. The number of benzene rings is 2. The number of fused-ring (bicyclic) bond motifs is 1. The zero-order chi connectivity index (χ0) is 15.0. The van der Waals surface area contributed by atoms with Crippen LogP contribution in [-0.4, -0.2) is 26.0 Å². The summed E-state index contributed by atoms with van der Waals surface area (Å²) in [5.41, 5.74) is 6.95. The van der Waals surface area contributed by atoms with Gasteiger partial charge in [0, 0.05) is 17.0 Å².